The number of benzene rings is 2. The second-order valence-electron chi connectivity index (χ2n) is 8.46. The molecule has 33 heavy (non-hydrogen) atoms. The predicted octanol–water partition coefficient (Wildman–Crippen LogP) is 2.48. The molecule has 0 unspecified atom stereocenters. The molecule has 1 aliphatic heterocycles. The molecule has 0 bridgehead atoms. The maximum absolute atomic E-state index is 13.0. The lowest BCUT2D eigenvalue weighted by molar-refractivity contribution is -0.134. The minimum absolute atomic E-state index is 0.00206. The first kappa shape index (κ1) is 19.4. The number of anilines is 1. The number of hydrogen-bond acceptors (Lipinski definition) is 7. The van der Waals surface area contributed by atoms with E-state index in [2.05, 4.69) is 36.0 Å². The number of urea groups is 1. The van der Waals surface area contributed by atoms with Gasteiger partial charge in [-0.05, 0) is 30.5 Å². The first-order valence-electron chi connectivity index (χ1n) is 10.7. The van der Waals surface area contributed by atoms with Crippen molar-refractivity contribution in [2.24, 2.45) is 0 Å². The Labute approximate surface area is 188 Å². The molecule has 4 aromatic rings. The summed E-state index contributed by atoms with van der Waals surface area (Å²) < 4.78 is 0. The predicted molar refractivity (Wildman–Crippen MR) is 120 cm³/mol. The average Bonchev–Trinajstić information content (AvgIpc) is 3.43. The van der Waals surface area contributed by atoms with E-state index in [1.54, 1.807) is 12.4 Å². The van der Waals surface area contributed by atoms with Gasteiger partial charge in [-0.2, -0.15) is 0 Å². The van der Waals surface area contributed by atoms with Crippen LogP contribution in [-0.2, 0) is 11.3 Å². The number of nitrogens with one attached hydrogen (secondary N) is 3. The first-order valence-corrected chi connectivity index (χ1v) is 10.7. The van der Waals surface area contributed by atoms with E-state index in [1.165, 1.54) is 4.90 Å². The number of imide groups is 1. The Hall–Kier alpha value is -4.34. The largest absolute Gasteiger partial charge is 0.351 e. The summed E-state index contributed by atoms with van der Waals surface area (Å²) in [5.74, 6) is 0.323. The van der Waals surface area contributed by atoms with Crippen LogP contribution in [0.5, 0.6) is 0 Å². The Balaban J connectivity index is 1.13. The van der Waals surface area contributed by atoms with Gasteiger partial charge in [-0.3, -0.25) is 14.8 Å². The molecular weight excluding hydrogens is 420 g/mol. The molecule has 1 saturated carbocycles. The van der Waals surface area contributed by atoms with Gasteiger partial charge in [-0.1, -0.05) is 41.6 Å². The van der Waals surface area contributed by atoms with E-state index in [4.69, 9.17) is 0 Å². The quantitative estimate of drug-likeness (QED) is 0.407. The SMILES string of the molecule is O=C1NC2(CC(Nc3ncc4cc(-c5c[nH]nn5)ccc4n3)C2)C(=O)N1Cc1ccccc1. The Morgan fingerprint density at radius 1 is 1.12 bits per heavy atom. The summed E-state index contributed by atoms with van der Waals surface area (Å²) in [5.41, 5.74) is 2.56. The Kier molecular flexibility index (Phi) is 4.32. The molecule has 6 rings (SSSR count). The lowest BCUT2D eigenvalue weighted by Gasteiger charge is -2.42. The number of rotatable bonds is 5. The smallest absolute Gasteiger partial charge is 0.325 e. The number of carbonyl (C=O) groups is 2. The lowest BCUT2D eigenvalue weighted by Crippen LogP contribution is -2.61. The van der Waals surface area contributed by atoms with Crippen molar-refractivity contribution in [3.63, 3.8) is 0 Å². The zero-order valence-electron chi connectivity index (χ0n) is 17.5. The van der Waals surface area contributed by atoms with E-state index in [9.17, 15) is 9.59 Å². The molecule has 0 atom stereocenters. The number of hydrogen-bond donors (Lipinski definition) is 3. The van der Waals surface area contributed by atoms with Crippen LogP contribution >= 0.6 is 0 Å². The third kappa shape index (κ3) is 3.36. The highest BCUT2D eigenvalue weighted by molar-refractivity contribution is 6.07. The molecule has 10 heteroatoms. The molecule has 3 heterocycles. The van der Waals surface area contributed by atoms with Crippen molar-refractivity contribution in [3.05, 3.63) is 66.5 Å². The molecule has 0 radical (unpaired) electrons. The number of H-pyrrole nitrogens is 1. The molecule has 1 saturated heterocycles. The number of aromatic amines is 1. The van der Waals surface area contributed by atoms with Gasteiger partial charge in [0.05, 0.1) is 12.1 Å². The van der Waals surface area contributed by atoms with Crippen molar-refractivity contribution in [1.82, 2.24) is 35.6 Å². The van der Waals surface area contributed by atoms with E-state index >= 15 is 0 Å². The number of fused-ring (bicyclic) bond motifs is 1. The molecule has 2 aliphatic rings. The number of nitrogens with zero attached hydrogens (tertiary/aromatic N) is 5. The van der Waals surface area contributed by atoms with Crippen molar-refractivity contribution in [1.29, 1.82) is 0 Å². The molecule has 2 aromatic heterocycles. The van der Waals surface area contributed by atoms with E-state index in [1.807, 2.05) is 48.5 Å². The van der Waals surface area contributed by atoms with Crippen LogP contribution in [0.25, 0.3) is 22.2 Å². The molecule has 3 amide bonds. The summed E-state index contributed by atoms with van der Waals surface area (Å²) in [6.07, 6.45) is 4.48. The third-order valence-corrected chi connectivity index (χ3v) is 6.24. The van der Waals surface area contributed by atoms with Crippen LogP contribution in [0.15, 0.2) is 60.9 Å². The highest BCUT2D eigenvalue weighted by Crippen LogP contribution is 2.39. The number of aromatic nitrogens is 5. The molecule has 2 fully saturated rings. The lowest BCUT2D eigenvalue weighted by atomic mass is 9.72. The highest BCUT2D eigenvalue weighted by Gasteiger charge is 2.58. The second kappa shape index (κ2) is 7.37. The van der Waals surface area contributed by atoms with Crippen LogP contribution in [0.4, 0.5) is 10.7 Å². The van der Waals surface area contributed by atoms with Gasteiger partial charge in [-0.15, -0.1) is 5.10 Å². The van der Waals surface area contributed by atoms with Crippen LogP contribution in [0.1, 0.15) is 18.4 Å². The van der Waals surface area contributed by atoms with Gasteiger partial charge in [0.2, 0.25) is 5.95 Å². The summed E-state index contributed by atoms with van der Waals surface area (Å²) in [6.45, 7) is 0.273. The van der Waals surface area contributed by atoms with E-state index in [0.29, 0.717) is 18.8 Å². The van der Waals surface area contributed by atoms with E-state index in [-0.39, 0.29) is 24.5 Å². The van der Waals surface area contributed by atoms with Gasteiger partial charge in [0.15, 0.2) is 0 Å². The van der Waals surface area contributed by atoms with Gasteiger partial charge in [0.25, 0.3) is 5.91 Å². The maximum Gasteiger partial charge on any atom is 0.325 e. The molecule has 1 spiro atoms. The van der Waals surface area contributed by atoms with Crippen LogP contribution in [-0.4, -0.2) is 53.8 Å². The van der Waals surface area contributed by atoms with Gasteiger partial charge >= 0.3 is 6.03 Å². The fraction of sp³-hybridized carbons (Fsp3) is 0.217. The van der Waals surface area contributed by atoms with Gasteiger partial charge < -0.3 is 10.6 Å². The van der Waals surface area contributed by atoms with Crippen LogP contribution in [0, 0.1) is 0 Å². The Morgan fingerprint density at radius 3 is 2.76 bits per heavy atom. The number of amides is 3. The maximum atomic E-state index is 13.0. The van der Waals surface area contributed by atoms with E-state index < -0.39 is 5.54 Å². The first-order chi connectivity index (χ1) is 16.1. The fourth-order valence-electron chi connectivity index (χ4n) is 4.53. The molecule has 164 valence electrons. The van der Waals surface area contributed by atoms with E-state index in [0.717, 1.165) is 27.7 Å². The zero-order chi connectivity index (χ0) is 22.4. The van der Waals surface area contributed by atoms with Crippen molar-refractivity contribution in [3.8, 4) is 11.3 Å². The van der Waals surface area contributed by atoms with Gasteiger partial charge in [-0.25, -0.2) is 14.8 Å². The topological polar surface area (TPSA) is 129 Å². The van der Waals surface area contributed by atoms with Crippen LogP contribution in [0.2, 0.25) is 0 Å². The Bertz CT molecular complexity index is 1350. The highest BCUT2D eigenvalue weighted by atomic mass is 16.2. The standard InChI is InChI=1S/C23H20N8O2/c32-20-23(28-22(33)31(20)13-14-4-2-1-3-5-14)9-17(10-23)26-21-24-11-16-8-15(6-7-18(16)27-21)19-12-25-30-29-19/h1-8,11-12,17H,9-10,13H2,(H,28,33)(H,24,26,27)(H,25,29,30). The summed E-state index contributed by atoms with van der Waals surface area (Å²) >= 11 is 0. The molecular formula is C23H20N8O2. The molecule has 1 aliphatic carbocycles. The Morgan fingerprint density at radius 2 is 1.97 bits per heavy atom. The average molecular weight is 440 g/mol. The van der Waals surface area contributed by atoms with Crippen molar-refractivity contribution in [2.75, 3.05) is 5.32 Å². The van der Waals surface area contributed by atoms with Crippen molar-refractivity contribution >= 4 is 28.8 Å². The minimum Gasteiger partial charge on any atom is -0.351 e. The normalized spacial score (nSPS) is 21.9. The summed E-state index contributed by atoms with van der Waals surface area (Å²) in [6, 6.07) is 15.0. The summed E-state index contributed by atoms with van der Waals surface area (Å²) in [4.78, 5) is 35.8. The van der Waals surface area contributed by atoms with Crippen molar-refractivity contribution in [2.45, 2.75) is 31.0 Å². The molecule has 3 N–H and O–H groups in total. The van der Waals surface area contributed by atoms with Crippen LogP contribution < -0.4 is 10.6 Å². The fourth-order valence-corrected chi connectivity index (χ4v) is 4.53. The molecule has 10 nitrogen and oxygen atoms in total. The van der Waals surface area contributed by atoms with Crippen molar-refractivity contribution < 1.29 is 9.59 Å². The summed E-state index contributed by atoms with van der Waals surface area (Å²) in [7, 11) is 0. The van der Waals surface area contributed by atoms with Gasteiger partial charge in [0.1, 0.15) is 11.2 Å². The summed E-state index contributed by atoms with van der Waals surface area (Å²) in [5, 5.41) is 17.5. The van der Waals surface area contributed by atoms with Gasteiger partial charge in [0, 0.05) is 29.4 Å². The molecule has 2 aromatic carbocycles. The second-order valence-corrected chi connectivity index (χ2v) is 8.46. The zero-order valence-corrected chi connectivity index (χ0v) is 17.5. The monoisotopic (exact) mass is 440 g/mol. The van der Waals surface area contributed by atoms with Crippen LogP contribution in [0.3, 0.4) is 0 Å². The number of carbonyl (C=O) groups excluding carboxylic acids is 2. The third-order valence-electron chi connectivity index (χ3n) is 6.24. The minimum atomic E-state index is -0.840.